The molecule has 2 heterocycles. The second-order valence-electron chi connectivity index (χ2n) is 4.17. The molecule has 0 fully saturated rings. The van der Waals surface area contributed by atoms with Crippen molar-refractivity contribution in [1.82, 2.24) is 19.9 Å². The van der Waals surface area contributed by atoms with Gasteiger partial charge in [-0.25, -0.2) is 19.9 Å². The Morgan fingerprint density at radius 2 is 1.58 bits per heavy atom. The molecule has 0 saturated heterocycles. The Morgan fingerprint density at radius 3 is 2.12 bits per heavy atom. The fraction of sp³-hybridized carbons (Fsp3) is 0. The topological polar surface area (TPSA) is 94.7 Å². The van der Waals surface area contributed by atoms with Gasteiger partial charge in [-0.05, 0) is 35.3 Å². The van der Waals surface area contributed by atoms with Crippen LogP contribution in [0.25, 0.3) is 11.3 Å². The third kappa shape index (κ3) is 5.38. The summed E-state index contributed by atoms with van der Waals surface area (Å²) in [6.45, 7) is 0. The summed E-state index contributed by atoms with van der Waals surface area (Å²) in [5.41, 5.74) is 1.22. The van der Waals surface area contributed by atoms with Crippen molar-refractivity contribution in [3.63, 3.8) is 0 Å². The number of benzene rings is 1. The van der Waals surface area contributed by atoms with Gasteiger partial charge < -0.3 is 0 Å². The first-order valence-corrected chi connectivity index (χ1v) is 7.46. The normalized spacial score (nSPS) is 9.79. The Kier molecular flexibility index (Phi) is 6.36. The number of halogens is 3. The summed E-state index contributed by atoms with van der Waals surface area (Å²) < 4.78 is 0. The molecule has 0 bridgehead atoms. The molecule has 0 aliphatic rings. The summed E-state index contributed by atoms with van der Waals surface area (Å²) in [5.74, 6) is 0. The first kappa shape index (κ1) is 18.0. The summed E-state index contributed by atoms with van der Waals surface area (Å²) in [4.78, 5) is 25.1. The molecule has 7 nitrogen and oxygen atoms in total. The van der Waals surface area contributed by atoms with Crippen LogP contribution >= 0.6 is 34.8 Å². The number of nitro groups is 1. The largest absolute Gasteiger partial charge is 0.270 e. The molecule has 0 unspecified atom stereocenters. The van der Waals surface area contributed by atoms with Gasteiger partial charge in [-0.1, -0.05) is 23.7 Å². The molecule has 0 aliphatic heterocycles. The first-order chi connectivity index (χ1) is 11.5. The van der Waals surface area contributed by atoms with E-state index in [1.54, 1.807) is 24.3 Å². The minimum Gasteiger partial charge on any atom is -0.258 e. The fourth-order valence-corrected chi connectivity index (χ4v) is 2.06. The van der Waals surface area contributed by atoms with Gasteiger partial charge in [-0.2, -0.15) is 0 Å². The van der Waals surface area contributed by atoms with Crippen LogP contribution in [0.3, 0.4) is 0 Å². The van der Waals surface area contributed by atoms with Crippen LogP contribution in [0.2, 0.25) is 15.7 Å². The average molecular weight is 385 g/mol. The van der Waals surface area contributed by atoms with Gasteiger partial charge in [0, 0.05) is 30.1 Å². The molecule has 0 N–H and O–H groups in total. The third-order valence-corrected chi connectivity index (χ3v) is 3.15. The smallest absolute Gasteiger partial charge is 0.258 e. The maximum absolute atomic E-state index is 10.6. The Morgan fingerprint density at radius 1 is 0.917 bits per heavy atom. The van der Waals surface area contributed by atoms with Gasteiger partial charge in [0.1, 0.15) is 5.15 Å². The highest BCUT2D eigenvalue weighted by Gasteiger charge is 2.08. The number of nitrogens with zero attached hydrogens (tertiary/aromatic N) is 5. The van der Waals surface area contributed by atoms with Gasteiger partial charge >= 0.3 is 0 Å². The molecule has 3 rings (SSSR count). The molecule has 3 aromatic rings. The van der Waals surface area contributed by atoms with Crippen molar-refractivity contribution >= 4 is 40.5 Å². The van der Waals surface area contributed by atoms with Crippen LogP contribution in [-0.4, -0.2) is 24.9 Å². The lowest BCUT2D eigenvalue weighted by molar-refractivity contribution is -0.384. The number of rotatable bonds is 2. The first-order valence-electron chi connectivity index (χ1n) is 6.33. The maximum Gasteiger partial charge on any atom is 0.270 e. The van der Waals surface area contributed by atoms with E-state index in [0.717, 1.165) is 0 Å². The van der Waals surface area contributed by atoms with Crippen LogP contribution in [0.1, 0.15) is 0 Å². The van der Waals surface area contributed by atoms with Crippen LogP contribution in [0.15, 0.2) is 48.8 Å². The number of aromatic nitrogens is 4. The van der Waals surface area contributed by atoms with E-state index >= 15 is 0 Å². The fourth-order valence-electron chi connectivity index (χ4n) is 1.59. The zero-order chi connectivity index (χ0) is 17.5. The quantitative estimate of drug-likeness (QED) is 0.280. The van der Waals surface area contributed by atoms with E-state index in [4.69, 9.17) is 34.8 Å². The van der Waals surface area contributed by atoms with Crippen LogP contribution < -0.4 is 0 Å². The Hall–Kier alpha value is -2.35. The summed E-state index contributed by atoms with van der Waals surface area (Å²) in [5, 5.41) is 11.3. The highest BCUT2D eigenvalue weighted by Crippen LogP contribution is 2.22. The summed E-state index contributed by atoms with van der Waals surface area (Å²) >= 11 is 16.4. The zero-order valence-electron chi connectivity index (χ0n) is 11.8. The molecule has 0 atom stereocenters. The second kappa shape index (κ2) is 8.49. The monoisotopic (exact) mass is 383 g/mol. The predicted octanol–water partition coefficient (Wildman–Crippen LogP) is 4.49. The second-order valence-corrected chi connectivity index (χ2v) is 5.23. The van der Waals surface area contributed by atoms with Gasteiger partial charge in [0.05, 0.1) is 10.6 Å². The Labute approximate surface area is 151 Å². The molecule has 2 aromatic heterocycles. The van der Waals surface area contributed by atoms with E-state index in [2.05, 4.69) is 19.9 Å². The van der Waals surface area contributed by atoms with Crippen molar-refractivity contribution in [3.05, 3.63) is 74.6 Å². The van der Waals surface area contributed by atoms with Crippen LogP contribution in [0.4, 0.5) is 5.69 Å². The molecule has 24 heavy (non-hydrogen) atoms. The highest BCUT2D eigenvalue weighted by molar-refractivity contribution is 6.31. The molecule has 0 spiro atoms. The molecule has 122 valence electrons. The summed E-state index contributed by atoms with van der Waals surface area (Å²) in [6.07, 6.45) is 3.00. The summed E-state index contributed by atoms with van der Waals surface area (Å²) in [6, 6.07) is 9.40. The predicted molar refractivity (Wildman–Crippen MR) is 91.2 cm³/mol. The van der Waals surface area contributed by atoms with Gasteiger partial charge in [0.2, 0.25) is 10.6 Å². The van der Waals surface area contributed by atoms with Crippen molar-refractivity contribution in [2.75, 3.05) is 0 Å². The Balaban J connectivity index is 0.000000219. The van der Waals surface area contributed by atoms with Crippen LogP contribution in [0.5, 0.6) is 0 Å². The van der Waals surface area contributed by atoms with Crippen molar-refractivity contribution in [2.24, 2.45) is 0 Å². The summed E-state index contributed by atoms with van der Waals surface area (Å²) in [7, 11) is 0. The molecule has 0 amide bonds. The van der Waals surface area contributed by atoms with E-state index in [1.165, 1.54) is 24.5 Å². The van der Waals surface area contributed by atoms with Crippen molar-refractivity contribution in [3.8, 4) is 11.3 Å². The van der Waals surface area contributed by atoms with Crippen molar-refractivity contribution < 1.29 is 4.92 Å². The average Bonchev–Trinajstić information content (AvgIpc) is 2.55. The molecule has 0 saturated carbocycles. The van der Waals surface area contributed by atoms with E-state index in [1.807, 2.05) is 0 Å². The van der Waals surface area contributed by atoms with Crippen LogP contribution in [0, 0.1) is 10.1 Å². The molecule has 0 aliphatic carbocycles. The minimum atomic E-state index is -0.452. The van der Waals surface area contributed by atoms with E-state index in [9.17, 15) is 10.1 Å². The van der Waals surface area contributed by atoms with Crippen molar-refractivity contribution in [2.45, 2.75) is 0 Å². The SMILES string of the molecule is Clc1ccnc(Cl)n1.O=[N+]([O-])c1cccc(-c2ccnc(Cl)n2)c1. The third-order valence-electron chi connectivity index (χ3n) is 2.57. The zero-order valence-corrected chi connectivity index (χ0v) is 14.1. The van der Waals surface area contributed by atoms with E-state index in [-0.39, 0.29) is 16.3 Å². The molecular weight excluding hydrogens is 377 g/mol. The number of hydrogen-bond donors (Lipinski definition) is 0. The molecule has 1 aromatic carbocycles. The maximum atomic E-state index is 10.6. The molecule has 0 radical (unpaired) electrons. The number of non-ortho nitro benzene ring substituents is 1. The Bertz CT molecular complexity index is 846. The molecule has 10 heteroatoms. The van der Waals surface area contributed by atoms with Crippen molar-refractivity contribution in [1.29, 1.82) is 0 Å². The van der Waals surface area contributed by atoms with Crippen LogP contribution in [-0.2, 0) is 0 Å². The number of nitro benzene ring substituents is 1. The lowest BCUT2D eigenvalue weighted by Gasteiger charge is -2.00. The lowest BCUT2D eigenvalue weighted by Crippen LogP contribution is -1.90. The number of hydrogen-bond acceptors (Lipinski definition) is 6. The van der Waals surface area contributed by atoms with E-state index < -0.39 is 4.92 Å². The van der Waals surface area contributed by atoms with Gasteiger partial charge in [-0.15, -0.1) is 0 Å². The molecular formula is C14H8Cl3N5O2. The minimum absolute atomic E-state index is 0.0206. The highest BCUT2D eigenvalue weighted by atomic mass is 35.5. The van der Waals surface area contributed by atoms with Gasteiger partial charge in [-0.3, -0.25) is 10.1 Å². The van der Waals surface area contributed by atoms with E-state index in [0.29, 0.717) is 16.4 Å². The standard InChI is InChI=1S/C10H6ClN3O2.C4H2Cl2N2/c11-10-12-5-4-9(13-10)7-2-1-3-8(6-7)14(15)16;5-3-1-2-7-4(6)8-3/h1-6H;1-2H. The lowest BCUT2D eigenvalue weighted by atomic mass is 10.1. The van der Waals surface area contributed by atoms with Gasteiger partial charge in [0.15, 0.2) is 0 Å². The van der Waals surface area contributed by atoms with Gasteiger partial charge in [0.25, 0.3) is 5.69 Å².